The van der Waals surface area contributed by atoms with E-state index in [2.05, 4.69) is 31.2 Å². The summed E-state index contributed by atoms with van der Waals surface area (Å²) >= 11 is 0. The zero-order chi connectivity index (χ0) is 41.2. The van der Waals surface area contributed by atoms with Crippen LogP contribution < -0.4 is 0 Å². The van der Waals surface area contributed by atoms with Crippen LogP contribution in [0.2, 0.25) is 0 Å². The molecule has 0 spiro atoms. The van der Waals surface area contributed by atoms with Gasteiger partial charge in [-0.1, -0.05) is 256 Å². The summed E-state index contributed by atoms with van der Waals surface area (Å²) in [4.78, 5) is 22.5. The summed E-state index contributed by atoms with van der Waals surface area (Å²) in [6.07, 6.45) is 66.9. The van der Waals surface area contributed by atoms with Crippen molar-refractivity contribution < 1.29 is 19.4 Å². The quantitative estimate of drug-likeness (QED) is 0.0378. The molecule has 0 saturated heterocycles. The zero-order valence-electron chi connectivity index (χ0n) is 38.5. The first kappa shape index (κ1) is 55.4. The number of allylic oxidation sites excluding steroid dienone is 4. The van der Waals surface area contributed by atoms with Gasteiger partial charge in [-0.3, -0.25) is 9.59 Å². The number of carboxylic acids is 1. The van der Waals surface area contributed by atoms with E-state index in [9.17, 15) is 9.59 Å². The number of carboxylic acid groups (broad SMARTS) is 1. The summed E-state index contributed by atoms with van der Waals surface area (Å²) in [5.41, 5.74) is 0. The van der Waals surface area contributed by atoms with Gasteiger partial charge in [0, 0.05) is 12.8 Å². The van der Waals surface area contributed by atoms with Crippen LogP contribution in [0.3, 0.4) is 0 Å². The second-order valence-electron chi connectivity index (χ2n) is 17.7. The lowest BCUT2D eigenvalue weighted by molar-refractivity contribution is -0.144. The van der Waals surface area contributed by atoms with Gasteiger partial charge in [0.2, 0.25) is 0 Å². The molecule has 0 rings (SSSR count). The molecular formula is C53H100O4. The highest BCUT2D eigenvalue weighted by molar-refractivity contribution is 5.69. The third-order valence-electron chi connectivity index (χ3n) is 11.9. The van der Waals surface area contributed by atoms with Crippen LogP contribution in [0.25, 0.3) is 0 Å². The van der Waals surface area contributed by atoms with Gasteiger partial charge >= 0.3 is 11.9 Å². The number of unbranched alkanes of at least 4 members (excludes halogenated alkanes) is 39. The van der Waals surface area contributed by atoms with E-state index in [1.54, 1.807) is 0 Å². The predicted octanol–water partition coefficient (Wildman–Crippen LogP) is 18.3. The van der Waals surface area contributed by atoms with E-state index in [0.29, 0.717) is 19.4 Å². The van der Waals surface area contributed by atoms with Crippen molar-refractivity contribution in [2.75, 3.05) is 6.61 Å². The topological polar surface area (TPSA) is 63.6 Å². The molecule has 0 aliphatic rings. The lowest BCUT2D eigenvalue weighted by atomic mass is 10.0. The Balaban J connectivity index is 3.16. The average Bonchev–Trinajstić information content (AvgIpc) is 3.20. The maximum Gasteiger partial charge on any atom is 0.305 e. The first-order chi connectivity index (χ1) is 28.2. The van der Waals surface area contributed by atoms with Crippen molar-refractivity contribution in [3.63, 3.8) is 0 Å². The third kappa shape index (κ3) is 52.4. The fourth-order valence-electron chi connectivity index (χ4n) is 8.02. The number of esters is 1. The van der Waals surface area contributed by atoms with Crippen LogP contribution in [0.1, 0.15) is 296 Å². The molecule has 4 nitrogen and oxygen atoms in total. The molecule has 0 atom stereocenters. The summed E-state index contributed by atoms with van der Waals surface area (Å²) in [5.74, 6) is -0.643. The van der Waals surface area contributed by atoms with Crippen LogP contribution in [0.5, 0.6) is 0 Å². The van der Waals surface area contributed by atoms with E-state index in [4.69, 9.17) is 9.84 Å². The normalized spacial score (nSPS) is 11.7. The highest BCUT2D eigenvalue weighted by atomic mass is 16.5. The number of hydrogen-bond acceptors (Lipinski definition) is 3. The number of aliphatic carboxylic acids is 1. The highest BCUT2D eigenvalue weighted by Gasteiger charge is 2.03. The van der Waals surface area contributed by atoms with E-state index < -0.39 is 5.97 Å². The van der Waals surface area contributed by atoms with Gasteiger partial charge in [-0.15, -0.1) is 0 Å². The van der Waals surface area contributed by atoms with Crippen LogP contribution in [-0.4, -0.2) is 23.7 Å². The lowest BCUT2D eigenvalue weighted by Crippen LogP contribution is -2.05. The van der Waals surface area contributed by atoms with Crippen LogP contribution in [0.15, 0.2) is 24.3 Å². The Labute approximate surface area is 357 Å². The number of carbonyl (C=O) groups excluding carboxylic acids is 1. The molecule has 1 N–H and O–H groups in total. The Bertz CT molecular complexity index is 848. The lowest BCUT2D eigenvalue weighted by Gasteiger charge is -2.06. The van der Waals surface area contributed by atoms with E-state index in [0.717, 1.165) is 38.5 Å². The predicted molar refractivity (Wildman–Crippen MR) is 250 cm³/mol. The van der Waals surface area contributed by atoms with Crippen LogP contribution in [0, 0.1) is 0 Å². The summed E-state index contributed by atoms with van der Waals surface area (Å²) < 4.78 is 5.47. The fraction of sp³-hybridized carbons (Fsp3) is 0.887. The van der Waals surface area contributed by atoms with Crippen molar-refractivity contribution in [1.82, 2.24) is 0 Å². The van der Waals surface area contributed by atoms with Crippen molar-refractivity contribution in [2.45, 2.75) is 296 Å². The summed E-state index contributed by atoms with van der Waals surface area (Å²) in [6, 6.07) is 0. The van der Waals surface area contributed by atoms with Gasteiger partial charge in [0.1, 0.15) is 0 Å². The first-order valence-electron chi connectivity index (χ1n) is 25.8. The maximum atomic E-state index is 12.0. The fourth-order valence-corrected chi connectivity index (χ4v) is 8.02. The van der Waals surface area contributed by atoms with Crippen molar-refractivity contribution in [1.29, 1.82) is 0 Å². The van der Waals surface area contributed by atoms with Gasteiger partial charge in [0.15, 0.2) is 0 Å². The van der Waals surface area contributed by atoms with Crippen LogP contribution in [-0.2, 0) is 14.3 Å². The van der Waals surface area contributed by atoms with Gasteiger partial charge < -0.3 is 9.84 Å². The largest absolute Gasteiger partial charge is 0.481 e. The average molecular weight is 801 g/mol. The van der Waals surface area contributed by atoms with Crippen LogP contribution >= 0.6 is 0 Å². The molecule has 336 valence electrons. The Hall–Kier alpha value is -1.58. The highest BCUT2D eigenvalue weighted by Crippen LogP contribution is 2.17. The van der Waals surface area contributed by atoms with Crippen LogP contribution in [0.4, 0.5) is 0 Å². The molecule has 0 bridgehead atoms. The molecule has 0 radical (unpaired) electrons. The minimum Gasteiger partial charge on any atom is -0.481 e. The monoisotopic (exact) mass is 801 g/mol. The SMILES string of the molecule is CCCCC/C=C\C/C=C\CCCCCCCC(=O)OCCCCCCCCCCCCCCCCCCCCCCCCCCCCCCCCCCC(=O)O. The summed E-state index contributed by atoms with van der Waals surface area (Å²) in [7, 11) is 0. The molecule has 0 aromatic heterocycles. The van der Waals surface area contributed by atoms with Gasteiger partial charge in [-0.25, -0.2) is 0 Å². The van der Waals surface area contributed by atoms with Gasteiger partial charge in [-0.2, -0.15) is 0 Å². The molecule has 4 heteroatoms. The molecule has 0 heterocycles. The molecular weight excluding hydrogens is 701 g/mol. The van der Waals surface area contributed by atoms with Crippen molar-refractivity contribution >= 4 is 11.9 Å². The van der Waals surface area contributed by atoms with E-state index in [-0.39, 0.29) is 5.97 Å². The molecule has 57 heavy (non-hydrogen) atoms. The van der Waals surface area contributed by atoms with Crippen molar-refractivity contribution in [2.24, 2.45) is 0 Å². The maximum absolute atomic E-state index is 12.0. The molecule has 0 aliphatic heterocycles. The van der Waals surface area contributed by atoms with E-state index in [1.165, 1.54) is 238 Å². The number of rotatable bonds is 49. The van der Waals surface area contributed by atoms with Gasteiger partial charge in [-0.05, 0) is 51.4 Å². The Morgan fingerprint density at radius 1 is 0.351 bits per heavy atom. The van der Waals surface area contributed by atoms with Gasteiger partial charge in [0.05, 0.1) is 6.61 Å². The minimum atomic E-state index is -0.652. The molecule has 0 saturated carbocycles. The molecule has 0 aromatic carbocycles. The molecule has 0 fully saturated rings. The smallest absolute Gasteiger partial charge is 0.305 e. The summed E-state index contributed by atoms with van der Waals surface area (Å²) in [6.45, 7) is 2.87. The summed E-state index contributed by atoms with van der Waals surface area (Å²) in [5, 5.41) is 8.67. The molecule has 0 amide bonds. The number of ether oxygens (including phenoxy) is 1. The first-order valence-corrected chi connectivity index (χ1v) is 25.8. The molecule has 0 unspecified atom stereocenters. The van der Waals surface area contributed by atoms with Crippen molar-refractivity contribution in [3.05, 3.63) is 24.3 Å². The Kier molecular flexibility index (Phi) is 49.2. The minimum absolute atomic E-state index is 0.00890. The molecule has 0 aromatic rings. The van der Waals surface area contributed by atoms with E-state index in [1.807, 2.05) is 0 Å². The number of hydrogen-bond donors (Lipinski definition) is 1. The number of carbonyl (C=O) groups is 2. The zero-order valence-corrected chi connectivity index (χ0v) is 38.5. The molecule has 0 aliphatic carbocycles. The van der Waals surface area contributed by atoms with E-state index >= 15 is 0 Å². The Morgan fingerprint density at radius 2 is 0.632 bits per heavy atom. The Morgan fingerprint density at radius 3 is 0.965 bits per heavy atom. The van der Waals surface area contributed by atoms with Crippen molar-refractivity contribution in [3.8, 4) is 0 Å². The third-order valence-corrected chi connectivity index (χ3v) is 11.9. The second-order valence-corrected chi connectivity index (χ2v) is 17.7. The second kappa shape index (κ2) is 50.6. The van der Waals surface area contributed by atoms with Gasteiger partial charge in [0.25, 0.3) is 0 Å². The standard InChI is InChI=1S/C53H100O4/c1-2-3-4-5-6-7-8-9-28-32-35-38-41-44-47-50-53(56)57-51-48-45-42-39-36-33-30-27-25-23-21-19-17-15-13-11-10-12-14-16-18-20-22-24-26-29-31-34-37-40-43-46-49-52(54)55/h6-7,9,28H,2-5,8,10-27,29-51H2,1H3,(H,54,55)/b7-6-,28-9-.